The number of likely N-dealkylation sites (N-methyl/N-ethyl adjacent to an activating group) is 1. The molecule has 7 nitrogen and oxygen atoms in total. The van der Waals surface area contributed by atoms with Gasteiger partial charge in [-0.3, -0.25) is 14.6 Å². The number of fused-ring (bicyclic) bond motifs is 1. The summed E-state index contributed by atoms with van der Waals surface area (Å²) in [6.07, 6.45) is 1.55. The van der Waals surface area contributed by atoms with E-state index in [4.69, 9.17) is 9.47 Å². The second-order valence-corrected chi connectivity index (χ2v) is 6.79. The van der Waals surface area contributed by atoms with Crippen molar-refractivity contribution >= 4 is 17.5 Å². The van der Waals surface area contributed by atoms with Crippen LogP contribution in [-0.2, 0) is 4.79 Å². The van der Waals surface area contributed by atoms with E-state index in [1.807, 2.05) is 30.3 Å². The molecule has 0 unspecified atom stereocenters. The maximum absolute atomic E-state index is 13.3. The molecule has 1 aromatic heterocycles. The van der Waals surface area contributed by atoms with Crippen LogP contribution in [0.2, 0.25) is 0 Å². The Labute approximate surface area is 174 Å². The van der Waals surface area contributed by atoms with Crippen molar-refractivity contribution in [3.63, 3.8) is 0 Å². The van der Waals surface area contributed by atoms with Gasteiger partial charge in [0.1, 0.15) is 24.9 Å². The number of carbonyl (C=O) groups is 2. The van der Waals surface area contributed by atoms with Crippen LogP contribution in [-0.4, -0.2) is 42.0 Å². The first-order chi connectivity index (χ1) is 14.6. The van der Waals surface area contributed by atoms with Gasteiger partial charge in [-0.2, -0.15) is 0 Å². The Morgan fingerprint density at radius 3 is 2.43 bits per heavy atom. The largest absolute Gasteiger partial charge is 0.486 e. The number of rotatable bonds is 5. The molecule has 0 bridgehead atoms. The number of carbonyl (C=O) groups excluding carboxylic acids is 2. The lowest BCUT2D eigenvalue weighted by Gasteiger charge is -2.28. The molecule has 152 valence electrons. The summed E-state index contributed by atoms with van der Waals surface area (Å²) in [7, 11) is 1.60. The van der Waals surface area contributed by atoms with E-state index in [9.17, 15) is 9.59 Å². The number of hydrogen-bond donors (Lipinski definition) is 1. The molecule has 2 heterocycles. The van der Waals surface area contributed by atoms with Gasteiger partial charge in [-0.05, 0) is 29.8 Å². The molecule has 3 aromatic rings. The van der Waals surface area contributed by atoms with E-state index in [1.165, 1.54) is 4.90 Å². The van der Waals surface area contributed by atoms with Crippen molar-refractivity contribution in [1.82, 2.24) is 9.88 Å². The first kappa shape index (κ1) is 19.4. The molecule has 1 aliphatic rings. The first-order valence-electron chi connectivity index (χ1n) is 9.57. The van der Waals surface area contributed by atoms with E-state index in [0.717, 1.165) is 0 Å². The Kier molecular flexibility index (Phi) is 5.61. The Balaban J connectivity index is 1.61. The van der Waals surface area contributed by atoms with Crippen LogP contribution in [0.5, 0.6) is 11.5 Å². The molecule has 4 rings (SSSR count). The quantitative estimate of drug-likeness (QED) is 0.707. The number of nitrogens with one attached hydrogen (secondary N) is 1. The fraction of sp³-hybridized carbons (Fsp3) is 0.174. The molecule has 7 heteroatoms. The SMILES string of the molecule is CN(C(=O)c1ccccn1)[C@@H](C(=O)Nc1ccc2c(c1)OCCO2)c1ccccc1. The van der Waals surface area contributed by atoms with E-state index in [2.05, 4.69) is 10.3 Å². The van der Waals surface area contributed by atoms with Crippen molar-refractivity contribution in [2.75, 3.05) is 25.6 Å². The summed E-state index contributed by atoms with van der Waals surface area (Å²) in [4.78, 5) is 31.7. The van der Waals surface area contributed by atoms with Crippen LogP contribution in [0.15, 0.2) is 72.9 Å². The number of pyridine rings is 1. The van der Waals surface area contributed by atoms with E-state index in [-0.39, 0.29) is 17.5 Å². The monoisotopic (exact) mass is 403 g/mol. The number of anilines is 1. The summed E-state index contributed by atoms with van der Waals surface area (Å²) < 4.78 is 11.1. The molecule has 1 N–H and O–H groups in total. The zero-order valence-corrected chi connectivity index (χ0v) is 16.4. The number of hydrogen-bond acceptors (Lipinski definition) is 5. The second kappa shape index (κ2) is 8.65. The summed E-state index contributed by atoms with van der Waals surface area (Å²) in [6, 6.07) is 18.6. The van der Waals surface area contributed by atoms with E-state index < -0.39 is 6.04 Å². The highest BCUT2D eigenvalue weighted by Crippen LogP contribution is 2.33. The van der Waals surface area contributed by atoms with Crippen LogP contribution in [0.4, 0.5) is 5.69 Å². The minimum absolute atomic E-state index is 0.271. The van der Waals surface area contributed by atoms with Gasteiger partial charge >= 0.3 is 0 Å². The molecule has 0 spiro atoms. The normalized spacial score (nSPS) is 13.2. The fourth-order valence-electron chi connectivity index (χ4n) is 3.31. The third-order valence-electron chi connectivity index (χ3n) is 4.77. The Hall–Kier alpha value is -3.87. The molecule has 0 saturated heterocycles. The highest BCUT2D eigenvalue weighted by Gasteiger charge is 2.30. The fourth-order valence-corrected chi connectivity index (χ4v) is 3.31. The summed E-state index contributed by atoms with van der Waals surface area (Å²) in [5, 5.41) is 2.89. The highest BCUT2D eigenvalue weighted by molar-refractivity contribution is 6.01. The first-order valence-corrected chi connectivity index (χ1v) is 9.57. The number of nitrogens with zero attached hydrogens (tertiary/aromatic N) is 2. The average Bonchev–Trinajstić information content (AvgIpc) is 2.80. The zero-order valence-electron chi connectivity index (χ0n) is 16.4. The van der Waals surface area contributed by atoms with Crippen molar-refractivity contribution in [2.24, 2.45) is 0 Å². The van der Waals surface area contributed by atoms with Crippen LogP contribution in [0, 0.1) is 0 Å². The minimum atomic E-state index is -0.839. The number of benzene rings is 2. The number of amides is 2. The summed E-state index contributed by atoms with van der Waals surface area (Å²) in [5.41, 5.74) is 1.52. The van der Waals surface area contributed by atoms with Gasteiger partial charge in [0, 0.05) is 25.0 Å². The summed E-state index contributed by atoms with van der Waals surface area (Å²) >= 11 is 0. The van der Waals surface area contributed by atoms with Crippen molar-refractivity contribution in [3.8, 4) is 11.5 Å². The standard InChI is InChI=1S/C23H21N3O4/c1-26(23(28)18-9-5-6-12-24-18)21(16-7-3-2-4-8-16)22(27)25-17-10-11-19-20(15-17)30-14-13-29-19/h2-12,15,21H,13-14H2,1H3,(H,25,27)/t21-/m1/s1. The number of aromatic nitrogens is 1. The lowest BCUT2D eigenvalue weighted by molar-refractivity contribution is -0.120. The minimum Gasteiger partial charge on any atom is -0.486 e. The molecule has 0 fully saturated rings. The maximum atomic E-state index is 13.3. The third kappa shape index (κ3) is 4.10. The molecule has 0 radical (unpaired) electrons. The predicted octanol–water partition coefficient (Wildman–Crippen LogP) is 3.30. The topological polar surface area (TPSA) is 80.8 Å². The van der Waals surface area contributed by atoms with Crippen LogP contribution in [0.3, 0.4) is 0 Å². The lowest BCUT2D eigenvalue weighted by atomic mass is 10.0. The smallest absolute Gasteiger partial charge is 0.273 e. The van der Waals surface area contributed by atoms with Crippen LogP contribution < -0.4 is 14.8 Å². The molecule has 2 amide bonds. The summed E-state index contributed by atoms with van der Waals surface area (Å²) in [6.45, 7) is 0.952. The molecule has 0 aliphatic carbocycles. The average molecular weight is 403 g/mol. The van der Waals surface area contributed by atoms with Gasteiger partial charge in [0.2, 0.25) is 0 Å². The molecule has 1 aliphatic heterocycles. The van der Waals surface area contributed by atoms with Gasteiger partial charge in [-0.15, -0.1) is 0 Å². The predicted molar refractivity (Wildman–Crippen MR) is 112 cm³/mol. The number of ether oxygens (including phenoxy) is 2. The van der Waals surface area contributed by atoms with Crippen molar-refractivity contribution in [3.05, 3.63) is 84.2 Å². The second-order valence-electron chi connectivity index (χ2n) is 6.79. The van der Waals surface area contributed by atoms with Gasteiger partial charge < -0.3 is 19.7 Å². The lowest BCUT2D eigenvalue weighted by Crippen LogP contribution is -2.39. The van der Waals surface area contributed by atoms with E-state index in [0.29, 0.717) is 36.0 Å². The molecule has 1 atom stereocenters. The van der Waals surface area contributed by atoms with E-state index in [1.54, 1.807) is 49.6 Å². The molecule has 2 aromatic carbocycles. The Morgan fingerprint density at radius 1 is 0.967 bits per heavy atom. The Bertz CT molecular complexity index is 1040. The van der Waals surface area contributed by atoms with Crippen molar-refractivity contribution in [1.29, 1.82) is 0 Å². The van der Waals surface area contributed by atoms with Crippen molar-refractivity contribution < 1.29 is 19.1 Å². The molecular formula is C23H21N3O4. The van der Waals surface area contributed by atoms with Gasteiger partial charge in [0.05, 0.1) is 0 Å². The molecule has 0 saturated carbocycles. The van der Waals surface area contributed by atoms with Gasteiger partial charge in [0.15, 0.2) is 11.5 Å². The molecular weight excluding hydrogens is 382 g/mol. The van der Waals surface area contributed by atoms with Crippen LogP contribution >= 0.6 is 0 Å². The van der Waals surface area contributed by atoms with Gasteiger partial charge in [-0.25, -0.2) is 0 Å². The van der Waals surface area contributed by atoms with Gasteiger partial charge in [-0.1, -0.05) is 36.4 Å². The van der Waals surface area contributed by atoms with Gasteiger partial charge in [0.25, 0.3) is 11.8 Å². The third-order valence-corrected chi connectivity index (χ3v) is 4.77. The van der Waals surface area contributed by atoms with E-state index >= 15 is 0 Å². The Morgan fingerprint density at radius 2 is 1.70 bits per heavy atom. The highest BCUT2D eigenvalue weighted by atomic mass is 16.6. The summed E-state index contributed by atoms with van der Waals surface area (Å²) in [5.74, 6) is 0.529. The van der Waals surface area contributed by atoms with Crippen LogP contribution in [0.1, 0.15) is 22.1 Å². The zero-order chi connectivity index (χ0) is 20.9. The molecule has 30 heavy (non-hydrogen) atoms. The maximum Gasteiger partial charge on any atom is 0.273 e. The van der Waals surface area contributed by atoms with Crippen molar-refractivity contribution in [2.45, 2.75) is 6.04 Å². The van der Waals surface area contributed by atoms with Crippen LogP contribution in [0.25, 0.3) is 0 Å².